The predicted molar refractivity (Wildman–Crippen MR) is 113 cm³/mol. The van der Waals surface area contributed by atoms with Gasteiger partial charge in [-0.3, -0.25) is 9.69 Å². The van der Waals surface area contributed by atoms with Gasteiger partial charge in [0.2, 0.25) is 0 Å². The number of anilines is 1. The summed E-state index contributed by atoms with van der Waals surface area (Å²) < 4.78 is 5.07. The maximum atomic E-state index is 11.7. The molecule has 148 valence electrons. The minimum absolute atomic E-state index is 0.0387. The first kappa shape index (κ1) is 19.6. The zero-order valence-electron chi connectivity index (χ0n) is 15.9. The van der Waals surface area contributed by atoms with E-state index in [0.29, 0.717) is 22.6 Å². The molecule has 2 fully saturated rings. The minimum Gasteiger partial charge on any atom is -0.466 e. The largest absolute Gasteiger partial charge is 0.466 e. The van der Waals surface area contributed by atoms with Gasteiger partial charge in [-0.05, 0) is 30.2 Å². The van der Waals surface area contributed by atoms with Gasteiger partial charge in [0, 0.05) is 38.6 Å². The number of nitrogens with zero attached hydrogens (tertiary/aromatic N) is 2. The summed E-state index contributed by atoms with van der Waals surface area (Å²) >= 11 is 12.6. The molecule has 0 amide bonds. The van der Waals surface area contributed by atoms with Crippen LogP contribution in [-0.4, -0.2) is 43.7 Å². The van der Waals surface area contributed by atoms with Gasteiger partial charge in [-0.15, -0.1) is 0 Å². The van der Waals surface area contributed by atoms with Crippen LogP contribution < -0.4 is 4.90 Å². The summed E-state index contributed by atoms with van der Waals surface area (Å²) in [7, 11) is 0. The Morgan fingerprint density at radius 3 is 2.29 bits per heavy atom. The van der Waals surface area contributed by atoms with Crippen LogP contribution in [0.5, 0.6) is 0 Å². The number of hydrogen-bond donors (Lipinski definition) is 0. The Labute approximate surface area is 176 Å². The van der Waals surface area contributed by atoms with E-state index in [1.165, 1.54) is 11.1 Å². The standard InChI is InChI=1S/C22H24Cl2N2O2/c1-2-28-22(27)18-11-25(12-18)10-15-6-8-16(9-7-15)17-13-26(14-17)21-19(23)4-3-5-20(21)24/h3-9,17-18H,2,10-14H2,1H3. The summed E-state index contributed by atoms with van der Waals surface area (Å²) in [5.74, 6) is 0.470. The maximum absolute atomic E-state index is 11.7. The molecule has 4 nitrogen and oxygen atoms in total. The molecule has 0 unspecified atom stereocenters. The van der Waals surface area contributed by atoms with Crippen molar-refractivity contribution >= 4 is 34.9 Å². The summed E-state index contributed by atoms with van der Waals surface area (Å²) in [6, 6.07) is 14.5. The number of carbonyl (C=O) groups is 1. The summed E-state index contributed by atoms with van der Waals surface area (Å²) in [6.45, 7) is 6.61. The number of carbonyl (C=O) groups excluding carboxylic acids is 1. The lowest BCUT2D eigenvalue weighted by molar-refractivity contribution is -0.154. The van der Waals surface area contributed by atoms with Gasteiger partial charge < -0.3 is 9.64 Å². The third kappa shape index (κ3) is 4.00. The van der Waals surface area contributed by atoms with Crippen molar-refractivity contribution in [3.63, 3.8) is 0 Å². The Bertz CT molecular complexity index is 824. The molecule has 2 aliphatic rings. The third-order valence-corrected chi connectivity index (χ3v) is 6.18. The van der Waals surface area contributed by atoms with Gasteiger partial charge in [-0.1, -0.05) is 53.5 Å². The molecule has 2 heterocycles. The summed E-state index contributed by atoms with van der Waals surface area (Å²) in [6.07, 6.45) is 0. The van der Waals surface area contributed by atoms with Crippen LogP contribution in [0.4, 0.5) is 5.69 Å². The highest BCUT2D eigenvalue weighted by Gasteiger charge is 2.34. The van der Waals surface area contributed by atoms with Gasteiger partial charge in [-0.2, -0.15) is 0 Å². The number of hydrogen-bond acceptors (Lipinski definition) is 4. The topological polar surface area (TPSA) is 32.8 Å². The van der Waals surface area contributed by atoms with E-state index in [1.807, 2.05) is 25.1 Å². The number of para-hydroxylation sites is 1. The van der Waals surface area contributed by atoms with E-state index in [1.54, 1.807) is 0 Å². The van der Waals surface area contributed by atoms with Crippen LogP contribution >= 0.6 is 23.2 Å². The quantitative estimate of drug-likeness (QED) is 0.642. The Kier molecular flexibility index (Phi) is 5.81. The second-order valence-corrected chi connectivity index (χ2v) is 8.37. The highest BCUT2D eigenvalue weighted by molar-refractivity contribution is 6.39. The Hall–Kier alpha value is -1.75. The number of rotatable bonds is 6. The molecule has 0 saturated carbocycles. The van der Waals surface area contributed by atoms with Crippen LogP contribution in [-0.2, 0) is 16.1 Å². The number of ether oxygens (including phenoxy) is 1. The lowest BCUT2D eigenvalue weighted by atomic mass is 9.90. The van der Waals surface area contributed by atoms with Crippen molar-refractivity contribution in [2.45, 2.75) is 19.4 Å². The normalized spacial score (nSPS) is 17.9. The van der Waals surface area contributed by atoms with Gasteiger partial charge in [-0.25, -0.2) is 0 Å². The van der Waals surface area contributed by atoms with Crippen LogP contribution in [0.1, 0.15) is 24.0 Å². The number of benzene rings is 2. The molecule has 0 bridgehead atoms. The molecule has 2 aromatic carbocycles. The lowest BCUT2D eigenvalue weighted by Gasteiger charge is -2.42. The molecule has 0 N–H and O–H groups in total. The van der Waals surface area contributed by atoms with E-state index >= 15 is 0 Å². The second kappa shape index (κ2) is 8.32. The molecule has 0 atom stereocenters. The van der Waals surface area contributed by atoms with E-state index in [2.05, 4.69) is 34.1 Å². The van der Waals surface area contributed by atoms with Gasteiger partial charge >= 0.3 is 5.97 Å². The molecule has 0 spiro atoms. The molecular formula is C22H24Cl2N2O2. The zero-order valence-corrected chi connectivity index (χ0v) is 17.4. The van der Waals surface area contributed by atoms with Crippen molar-refractivity contribution in [1.82, 2.24) is 4.90 Å². The van der Waals surface area contributed by atoms with Gasteiger partial charge in [0.05, 0.1) is 28.3 Å². The van der Waals surface area contributed by atoms with Crippen molar-refractivity contribution in [3.05, 3.63) is 63.6 Å². The summed E-state index contributed by atoms with van der Waals surface area (Å²) in [5, 5.41) is 1.41. The zero-order chi connectivity index (χ0) is 19.7. The van der Waals surface area contributed by atoms with E-state index < -0.39 is 0 Å². The molecule has 0 radical (unpaired) electrons. The first-order chi connectivity index (χ1) is 13.5. The van der Waals surface area contributed by atoms with Crippen LogP contribution in [0.25, 0.3) is 0 Å². The third-order valence-electron chi connectivity index (χ3n) is 5.57. The van der Waals surface area contributed by atoms with Crippen molar-refractivity contribution in [1.29, 1.82) is 0 Å². The Morgan fingerprint density at radius 2 is 1.68 bits per heavy atom. The van der Waals surface area contributed by atoms with Crippen molar-refractivity contribution < 1.29 is 9.53 Å². The fourth-order valence-electron chi connectivity index (χ4n) is 3.92. The molecule has 0 aromatic heterocycles. The van der Waals surface area contributed by atoms with Crippen molar-refractivity contribution in [2.24, 2.45) is 5.92 Å². The number of likely N-dealkylation sites (tertiary alicyclic amines) is 1. The van der Waals surface area contributed by atoms with Gasteiger partial charge in [0.15, 0.2) is 0 Å². The first-order valence-electron chi connectivity index (χ1n) is 9.72. The fraction of sp³-hybridized carbons (Fsp3) is 0.409. The fourth-order valence-corrected chi connectivity index (χ4v) is 4.56. The second-order valence-electron chi connectivity index (χ2n) is 7.56. The Balaban J connectivity index is 1.28. The molecule has 2 saturated heterocycles. The highest BCUT2D eigenvalue weighted by atomic mass is 35.5. The minimum atomic E-state index is -0.0674. The summed E-state index contributed by atoms with van der Waals surface area (Å²) in [5.41, 5.74) is 3.56. The number of esters is 1. The SMILES string of the molecule is CCOC(=O)C1CN(Cc2ccc(C3CN(c4c(Cl)cccc4Cl)C3)cc2)C1. The van der Waals surface area contributed by atoms with Crippen molar-refractivity contribution in [2.75, 3.05) is 37.7 Å². The average Bonchev–Trinajstić information content (AvgIpc) is 2.60. The Morgan fingerprint density at radius 1 is 1.04 bits per heavy atom. The average molecular weight is 419 g/mol. The lowest BCUT2D eigenvalue weighted by Crippen LogP contribution is -2.50. The molecule has 4 rings (SSSR count). The smallest absolute Gasteiger partial charge is 0.311 e. The molecule has 0 aliphatic carbocycles. The van der Waals surface area contributed by atoms with Crippen LogP contribution in [0.3, 0.4) is 0 Å². The van der Waals surface area contributed by atoms with E-state index in [9.17, 15) is 4.79 Å². The molecular weight excluding hydrogens is 395 g/mol. The van der Waals surface area contributed by atoms with Gasteiger partial charge in [0.25, 0.3) is 0 Å². The van der Waals surface area contributed by atoms with Crippen LogP contribution in [0.2, 0.25) is 10.0 Å². The van der Waals surface area contributed by atoms with Gasteiger partial charge in [0.1, 0.15) is 0 Å². The maximum Gasteiger partial charge on any atom is 0.311 e. The van der Waals surface area contributed by atoms with E-state index in [-0.39, 0.29) is 11.9 Å². The number of halogens is 2. The van der Waals surface area contributed by atoms with Crippen molar-refractivity contribution in [3.8, 4) is 0 Å². The highest BCUT2D eigenvalue weighted by Crippen LogP contribution is 2.40. The monoisotopic (exact) mass is 418 g/mol. The first-order valence-corrected chi connectivity index (χ1v) is 10.5. The van der Waals surface area contributed by atoms with E-state index in [4.69, 9.17) is 27.9 Å². The summed E-state index contributed by atoms with van der Waals surface area (Å²) in [4.78, 5) is 16.2. The predicted octanol–water partition coefficient (Wildman–Crippen LogP) is 4.59. The molecule has 28 heavy (non-hydrogen) atoms. The van der Waals surface area contributed by atoms with E-state index in [0.717, 1.165) is 38.4 Å². The molecule has 2 aromatic rings. The molecule has 2 aliphatic heterocycles. The molecule has 6 heteroatoms. The van der Waals surface area contributed by atoms with Crippen LogP contribution in [0.15, 0.2) is 42.5 Å². The van der Waals surface area contributed by atoms with Crippen LogP contribution in [0, 0.1) is 5.92 Å².